The first kappa shape index (κ1) is 9.21. The molecule has 0 aliphatic carbocycles. The first-order valence-corrected chi connectivity index (χ1v) is 5.67. The molecular weight excluding hydrogens is 171 g/mol. The van der Waals surface area contributed by atoms with Crippen LogP contribution in [0.1, 0.15) is 0 Å². The second-order valence-corrected chi connectivity index (χ2v) is 4.84. The third kappa shape index (κ3) is 2.63. The summed E-state index contributed by atoms with van der Waals surface area (Å²) in [6, 6.07) is 9.89. The Bertz CT molecular complexity index is 258. The quantitative estimate of drug-likeness (QED) is 0.559. The van der Waals surface area contributed by atoms with Gasteiger partial charge in [-0.2, -0.15) is 0 Å². The van der Waals surface area contributed by atoms with Crippen molar-refractivity contribution in [1.29, 1.82) is 0 Å². The van der Waals surface area contributed by atoms with Crippen LogP contribution in [-0.4, -0.2) is 28.7 Å². The fraction of sp³-hybridized carbons (Fsp3) is 0.222. The minimum absolute atomic E-state index is 0.374. The smallest absolute Gasteiger partial charge is 0.339 e. The van der Waals surface area contributed by atoms with Crippen LogP contribution in [0.5, 0.6) is 0 Å². The topological polar surface area (TPSA) is 41.6 Å². The molecule has 1 rings (SSSR count). The average molecular weight is 183 g/mol. The fourth-order valence-corrected chi connectivity index (χ4v) is 2.27. The Kier molecular flexibility index (Phi) is 3.24. The van der Waals surface area contributed by atoms with Crippen molar-refractivity contribution in [1.82, 2.24) is 0 Å². The second-order valence-electron chi connectivity index (χ2n) is 2.61. The zero-order chi connectivity index (χ0) is 8.97. The molecule has 0 saturated carbocycles. The molecule has 12 heavy (non-hydrogen) atoms. The normalized spacial score (nSPS) is 12.4. The van der Waals surface area contributed by atoms with E-state index in [0.29, 0.717) is 6.16 Å². The Balaban J connectivity index is 2.65. The van der Waals surface area contributed by atoms with Gasteiger partial charge in [0.1, 0.15) is 6.16 Å². The predicted molar refractivity (Wildman–Crippen MR) is 53.4 cm³/mol. The van der Waals surface area contributed by atoms with Crippen molar-refractivity contribution >= 4 is 19.2 Å². The predicted octanol–water partition coefficient (Wildman–Crippen LogP) is 1.48. The van der Waals surface area contributed by atoms with Crippen molar-refractivity contribution in [2.45, 2.75) is 0 Å². The van der Waals surface area contributed by atoms with E-state index in [1.807, 2.05) is 37.0 Å². The van der Waals surface area contributed by atoms with Crippen molar-refractivity contribution < 1.29 is 9.90 Å². The van der Waals surface area contributed by atoms with Gasteiger partial charge in [0.05, 0.1) is 0 Å². The molecule has 0 fully saturated rings. The van der Waals surface area contributed by atoms with Gasteiger partial charge in [-0.05, 0) is 12.0 Å². The summed E-state index contributed by atoms with van der Waals surface area (Å²) >= 11 is 0. The summed E-state index contributed by atoms with van der Waals surface area (Å²) in [6.07, 6.45) is 0.374. The van der Waals surface area contributed by atoms with Crippen molar-refractivity contribution in [2.75, 3.05) is 12.8 Å². The van der Waals surface area contributed by atoms with E-state index in [9.17, 15) is 0 Å². The standard InChI is InChI=1S/C9H11O2P/c1-12(7-9(10)11)8-5-3-2-4-6-8/h2-6H,7H2,1H3,(H,10,11)/p+1. The maximum absolute atomic E-state index is 8.67. The lowest BCUT2D eigenvalue weighted by Gasteiger charge is -2.06. The van der Waals surface area contributed by atoms with E-state index in [-0.39, 0.29) is 0 Å². The molecule has 0 amide bonds. The number of hydrogen-bond donors (Lipinski definition) is 1. The largest absolute Gasteiger partial charge is 0.485 e. The van der Waals surface area contributed by atoms with Gasteiger partial charge in [0.2, 0.25) is 0 Å². The van der Waals surface area contributed by atoms with Crippen molar-refractivity contribution in [3.8, 4) is 0 Å². The van der Waals surface area contributed by atoms with Crippen LogP contribution < -0.4 is 5.30 Å². The molecule has 0 aromatic heterocycles. The van der Waals surface area contributed by atoms with Gasteiger partial charge >= 0.3 is 5.97 Å². The summed E-state index contributed by atoms with van der Waals surface area (Å²) in [5.74, 6) is -0.465. The number of carboxylic acid groups (broad SMARTS) is 1. The Morgan fingerprint density at radius 1 is 1.42 bits per heavy atom. The van der Waals surface area contributed by atoms with Crippen molar-refractivity contribution in [3.05, 3.63) is 30.3 Å². The summed E-state index contributed by atoms with van der Waals surface area (Å²) in [5.41, 5.74) is 0. The third-order valence-corrected chi connectivity index (χ3v) is 3.51. The Hall–Kier alpha value is -0.880. The van der Waals surface area contributed by atoms with Crippen LogP contribution in [0, 0.1) is 0 Å². The maximum Gasteiger partial charge on any atom is 0.485 e. The summed E-state index contributed by atoms with van der Waals surface area (Å²) in [7, 11) is -0.452. The Labute approximate surface area is 73.0 Å². The highest BCUT2D eigenvalue weighted by Gasteiger charge is 2.12. The number of hydrogen-bond acceptors (Lipinski definition) is 0. The molecule has 64 valence electrons. The monoisotopic (exact) mass is 183 g/mol. The molecule has 2 N–H and O–H groups in total. The van der Waals surface area contributed by atoms with Gasteiger partial charge in [-0.3, -0.25) is 0 Å². The number of aliphatic carboxylic acids is 1. The van der Waals surface area contributed by atoms with Gasteiger partial charge in [0.25, 0.3) is 0 Å². The molecule has 0 aliphatic heterocycles. The van der Waals surface area contributed by atoms with Gasteiger partial charge in [0, 0.05) is 0 Å². The average Bonchev–Trinajstić information content (AvgIpc) is 2.05. The molecule has 1 aromatic rings. The van der Waals surface area contributed by atoms with E-state index < -0.39 is 13.9 Å². The van der Waals surface area contributed by atoms with Crippen LogP contribution in [0.4, 0.5) is 0 Å². The molecule has 0 spiro atoms. The molecular formula is C9H12O2P+. The summed E-state index contributed by atoms with van der Waals surface area (Å²) in [4.78, 5) is 8.67. The van der Waals surface area contributed by atoms with Gasteiger partial charge < -0.3 is 9.90 Å². The number of benzene rings is 1. The summed E-state index contributed by atoms with van der Waals surface area (Å²) in [6.45, 7) is 2.02. The summed E-state index contributed by atoms with van der Waals surface area (Å²) in [5, 5.41) is 9.86. The Morgan fingerprint density at radius 2 is 2.00 bits per heavy atom. The lowest BCUT2D eigenvalue weighted by atomic mass is 10.4. The molecule has 3 heteroatoms. The highest BCUT2D eigenvalue weighted by molar-refractivity contribution is 7.65. The molecule has 1 unspecified atom stereocenters. The molecule has 0 saturated heterocycles. The lowest BCUT2D eigenvalue weighted by molar-refractivity contribution is 0.457. The van der Waals surface area contributed by atoms with Crippen LogP contribution in [-0.2, 0) is 0 Å². The van der Waals surface area contributed by atoms with Crippen molar-refractivity contribution in [2.24, 2.45) is 0 Å². The van der Waals surface area contributed by atoms with E-state index in [2.05, 4.69) is 0 Å². The molecule has 0 bridgehead atoms. The Morgan fingerprint density at radius 3 is 2.50 bits per heavy atom. The summed E-state index contributed by atoms with van der Waals surface area (Å²) < 4.78 is 0. The minimum Gasteiger partial charge on any atom is -0.339 e. The van der Waals surface area contributed by atoms with Gasteiger partial charge in [-0.1, -0.05) is 38.3 Å². The zero-order valence-electron chi connectivity index (χ0n) is 6.94. The SMILES string of the molecule is CP(CC(O)=[OH+])c1ccccc1. The van der Waals surface area contributed by atoms with Crippen LogP contribution >= 0.6 is 7.92 Å². The molecule has 1 atom stereocenters. The lowest BCUT2D eigenvalue weighted by Crippen LogP contribution is -2.08. The highest BCUT2D eigenvalue weighted by Crippen LogP contribution is 2.28. The number of rotatable bonds is 3. The molecule has 0 aliphatic rings. The van der Waals surface area contributed by atoms with Gasteiger partial charge in [0.15, 0.2) is 0 Å². The van der Waals surface area contributed by atoms with Crippen LogP contribution in [0.2, 0.25) is 0 Å². The maximum atomic E-state index is 8.67. The third-order valence-electron chi connectivity index (χ3n) is 1.58. The molecule has 1 aromatic carbocycles. The van der Waals surface area contributed by atoms with E-state index in [1.165, 1.54) is 5.30 Å². The van der Waals surface area contributed by atoms with Crippen molar-refractivity contribution in [3.63, 3.8) is 0 Å². The second kappa shape index (κ2) is 4.22. The van der Waals surface area contributed by atoms with Crippen LogP contribution in [0.3, 0.4) is 0 Å². The molecule has 2 nitrogen and oxygen atoms in total. The van der Waals surface area contributed by atoms with E-state index >= 15 is 0 Å². The van der Waals surface area contributed by atoms with Gasteiger partial charge in [-0.15, -0.1) is 0 Å². The van der Waals surface area contributed by atoms with E-state index in [4.69, 9.17) is 9.90 Å². The van der Waals surface area contributed by atoms with Crippen LogP contribution in [0.25, 0.3) is 0 Å². The van der Waals surface area contributed by atoms with E-state index in [0.717, 1.165) is 0 Å². The number of carboxylic acids is 1. The first-order valence-electron chi connectivity index (χ1n) is 3.70. The van der Waals surface area contributed by atoms with E-state index in [1.54, 1.807) is 0 Å². The number of aliphatic hydroxyl groups excluding tert-OH is 1. The molecule has 0 heterocycles. The highest BCUT2D eigenvalue weighted by atomic mass is 31.1. The molecule has 0 radical (unpaired) electrons. The van der Waals surface area contributed by atoms with Gasteiger partial charge in [-0.25, -0.2) is 0 Å². The zero-order valence-corrected chi connectivity index (χ0v) is 7.83. The fourth-order valence-electron chi connectivity index (χ4n) is 0.986. The minimum atomic E-state index is -0.465. The first-order chi connectivity index (χ1) is 5.70. The van der Waals surface area contributed by atoms with Crippen LogP contribution in [0.15, 0.2) is 30.3 Å².